The molecule has 1 unspecified atom stereocenters. The van der Waals surface area contributed by atoms with Crippen LogP contribution in [-0.4, -0.2) is 36.6 Å². The van der Waals surface area contributed by atoms with Crippen LogP contribution >= 0.6 is 0 Å². The summed E-state index contributed by atoms with van der Waals surface area (Å²) in [7, 11) is 0. The second-order valence-electron chi connectivity index (χ2n) is 7.00. The van der Waals surface area contributed by atoms with Crippen molar-refractivity contribution in [3.05, 3.63) is 77.4 Å². The van der Waals surface area contributed by atoms with Crippen LogP contribution in [0, 0.1) is 0 Å². The van der Waals surface area contributed by atoms with Crippen molar-refractivity contribution >= 4 is 11.5 Å². The van der Waals surface area contributed by atoms with Crippen LogP contribution in [-0.2, 0) is 4.74 Å². The number of allylic oxidation sites excluding steroid dienone is 1. The molecule has 2 aromatic carbocycles. The third-order valence-corrected chi connectivity index (χ3v) is 4.94. The minimum Gasteiger partial charge on any atom is -0.370 e. The molecule has 0 spiro atoms. The van der Waals surface area contributed by atoms with Crippen LogP contribution < -0.4 is 0 Å². The highest BCUT2D eigenvalue weighted by Crippen LogP contribution is 2.26. The van der Waals surface area contributed by atoms with Gasteiger partial charge in [0.1, 0.15) is 6.10 Å². The van der Waals surface area contributed by atoms with Gasteiger partial charge in [-0.1, -0.05) is 62.4 Å². The summed E-state index contributed by atoms with van der Waals surface area (Å²) in [6, 6.07) is 18.1. The standard InChI is InChI=1S/C23H27NO2/c1-4-21(19-12-10-18(11-13-19)17(2)3)22-16-24(14-15-26-22)23(25)20-8-6-5-7-9-20/h4-13,17,22H,14-16H2,1-3H3/b21-4+. The summed E-state index contributed by atoms with van der Waals surface area (Å²) >= 11 is 0. The first-order chi connectivity index (χ1) is 12.6. The maximum absolute atomic E-state index is 12.8. The molecule has 0 aliphatic carbocycles. The molecule has 0 N–H and O–H groups in total. The van der Waals surface area contributed by atoms with E-state index in [1.165, 1.54) is 5.56 Å². The Morgan fingerprint density at radius 3 is 2.38 bits per heavy atom. The van der Waals surface area contributed by atoms with Crippen LogP contribution in [0.3, 0.4) is 0 Å². The van der Waals surface area contributed by atoms with E-state index in [0.717, 1.165) is 16.7 Å². The zero-order valence-corrected chi connectivity index (χ0v) is 15.8. The molecule has 1 saturated heterocycles. The maximum Gasteiger partial charge on any atom is 0.254 e. The van der Waals surface area contributed by atoms with Crippen molar-refractivity contribution in [3.8, 4) is 0 Å². The van der Waals surface area contributed by atoms with Crippen LogP contribution in [0.15, 0.2) is 60.7 Å². The number of carbonyl (C=O) groups excluding carboxylic acids is 1. The molecule has 0 aromatic heterocycles. The summed E-state index contributed by atoms with van der Waals surface area (Å²) in [4.78, 5) is 14.7. The minimum atomic E-state index is -0.0914. The second kappa shape index (κ2) is 8.33. The largest absolute Gasteiger partial charge is 0.370 e. The first-order valence-corrected chi connectivity index (χ1v) is 9.32. The SMILES string of the molecule is C/C=C(\c1ccc(C(C)C)cc1)C1CN(C(=O)c2ccccc2)CCO1. The van der Waals surface area contributed by atoms with Gasteiger partial charge >= 0.3 is 0 Å². The molecule has 3 nitrogen and oxygen atoms in total. The molecule has 1 atom stereocenters. The van der Waals surface area contributed by atoms with Crippen molar-refractivity contribution in [3.63, 3.8) is 0 Å². The molecule has 0 saturated carbocycles. The molecule has 3 heteroatoms. The number of hydrogen-bond donors (Lipinski definition) is 0. The third-order valence-electron chi connectivity index (χ3n) is 4.94. The molecule has 1 fully saturated rings. The van der Waals surface area contributed by atoms with Crippen LogP contribution in [0.25, 0.3) is 5.57 Å². The summed E-state index contributed by atoms with van der Waals surface area (Å²) in [6.45, 7) is 8.20. The van der Waals surface area contributed by atoms with Gasteiger partial charge in [-0.15, -0.1) is 0 Å². The number of rotatable bonds is 4. The number of carbonyl (C=O) groups is 1. The smallest absolute Gasteiger partial charge is 0.254 e. The van der Waals surface area contributed by atoms with Crippen LogP contribution in [0.5, 0.6) is 0 Å². The van der Waals surface area contributed by atoms with E-state index in [1.54, 1.807) is 0 Å². The Morgan fingerprint density at radius 2 is 1.77 bits per heavy atom. The van der Waals surface area contributed by atoms with E-state index in [-0.39, 0.29) is 12.0 Å². The van der Waals surface area contributed by atoms with E-state index in [4.69, 9.17) is 4.74 Å². The second-order valence-corrected chi connectivity index (χ2v) is 7.00. The first kappa shape index (κ1) is 18.4. The monoisotopic (exact) mass is 349 g/mol. The van der Waals surface area contributed by atoms with Gasteiger partial charge in [0.15, 0.2) is 0 Å². The fourth-order valence-corrected chi connectivity index (χ4v) is 3.38. The van der Waals surface area contributed by atoms with Crippen LogP contribution in [0.4, 0.5) is 0 Å². The quantitative estimate of drug-likeness (QED) is 0.797. The van der Waals surface area contributed by atoms with Crippen molar-refractivity contribution < 1.29 is 9.53 Å². The minimum absolute atomic E-state index is 0.0736. The van der Waals surface area contributed by atoms with E-state index in [2.05, 4.69) is 44.2 Å². The normalized spacial score (nSPS) is 18.2. The molecule has 1 aliphatic rings. The highest BCUT2D eigenvalue weighted by atomic mass is 16.5. The zero-order chi connectivity index (χ0) is 18.5. The lowest BCUT2D eigenvalue weighted by Crippen LogP contribution is -2.46. The summed E-state index contributed by atoms with van der Waals surface area (Å²) in [5, 5.41) is 0. The number of nitrogens with zero attached hydrogens (tertiary/aromatic N) is 1. The third kappa shape index (κ3) is 4.05. The molecule has 0 radical (unpaired) electrons. The lowest BCUT2D eigenvalue weighted by atomic mass is 9.95. The Bertz CT molecular complexity index is 763. The highest BCUT2D eigenvalue weighted by Gasteiger charge is 2.27. The molecule has 26 heavy (non-hydrogen) atoms. The summed E-state index contributed by atoms with van der Waals surface area (Å²) < 4.78 is 6.02. The number of amides is 1. The van der Waals surface area contributed by atoms with Crippen molar-refractivity contribution in [2.45, 2.75) is 32.8 Å². The van der Waals surface area contributed by atoms with Crippen molar-refractivity contribution in [1.82, 2.24) is 4.90 Å². The van der Waals surface area contributed by atoms with Crippen molar-refractivity contribution in [1.29, 1.82) is 0 Å². The van der Waals surface area contributed by atoms with Gasteiger partial charge in [-0.05, 0) is 41.7 Å². The number of benzene rings is 2. The molecule has 0 bridgehead atoms. The molecule has 2 aromatic rings. The fraction of sp³-hybridized carbons (Fsp3) is 0.348. The Labute approximate surface area is 156 Å². The topological polar surface area (TPSA) is 29.5 Å². The summed E-state index contributed by atoms with van der Waals surface area (Å²) in [5.74, 6) is 0.590. The Morgan fingerprint density at radius 1 is 1.08 bits per heavy atom. The van der Waals surface area contributed by atoms with E-state index in [0.29, 0.717) is 25.6 Å². The van der Waals surface area contributed by atoms with Crippen molar-refractivity contribution in [2.24, 2.45) is 0 Å². The molecular weight excluding hydrogens is 322 g/mol. The zero-order valence-electron chi connectivity index (χ0n) is 15.8. The number of ether oxygens (including phenoxy) is 1. The summed E-state index contributed by atoms with van der Waals surface area (Å²) in [5.41, 5.74) is 4.37. The van der Waals surface area contributed by atoms with Gasteiger partial charge in [-0.25, -0.2) is 0 Å². The first-order valence-electron chi connectivity index (χ1n) is 9.32. The van der Waals surface area contributed by atoms with Gasteiger partial charge < -0.3 is 9.64 Å². The Balaban J connectivity index is 1.76. The molecule has 136 valence electrons. The summed E-state index contributed by atoms with van der Waals surface area (Å²) in [6.07, 6.45) is 2.01. The van der Waals surface area contributed by atoms with Crippen LogP contribution in [0.2, 0.25) is 0 Å². The van der Waals surface area contributed by atoms with E-state index in [9.17, 15) is 4.79 Å². The van der Waals surface area contributed by atoms with Gasteiger partial charge in [-0.2, -0.15) is 0 Å². The molecule has 1 heterocycles. The molecular formula is C23H27NO2. The van der Waals surface area contributed by atoms with E-state index >= 15 is 0 Å². The van der Waals surface area contributed by atoms with Gasteiger partial charge in [0.05, 0.1) is 13.2 Å². The Hall–Kier alpha value is -2.39. The van der Waals surface area contributed by atoms with Gasteiger partial charge in [0.25, 0.3) is 5.91 Å². The Kier molecular flexibility index (Phi) is 5.89. The predicted molar refractivity (Wildman–Crippen MR) is 106 cm³/mol. The average molecular weight is 349 g/mol. The van der Waals surface area contributed by atoms with Crippen LogP contribution in [0.1, 0.15) is 48.2 Å². The number of hydrogen-bond acceptors (Lipinski definition) is 2. The lowest BCUT2D eigenvalue weighted by Gasteiger charge is -2.34. The van der Waals surface area contributed by atoms with E-state index < -0.39 is 0 Å². The molecule has 1 aliphatic heterocycles. The van der Waals surface area contributed by atoms with Gasteiger partial charge in [0, 0.05) is 12.1 Å². The highest BCUT2D eigenvalue weighted by molar-refractivity contribution is 5.94. The van der Waals surface area contributed by atoms with Gasteiger partial charge in [-0.3, -0.25) is 4.79 Å². The maximum atomic E-state index is 12.8. The predicted octanol–water partition coefficient (Wildman–Crippen LogP) is 4.75. The van der Waals surface area contributed by atoms with E-state index in [1.807, 2.05) is 42.2 Å². The fourth-order valence-electron chi connectivity index (χ4n) is 3.38. The molecule has 1 amide bonds. The van der Waals surface area contributed by atoms with Gasteiger partial charge in [0.2, 0.25) is 0 Å². The average Bonchev–Trinajstić information content (AvgIpc) is 2.69. The number of morpholine rings is 1. The lowest BCUT2D eigenvalue weighted by molar-refractivity contribution is 0.00447. The molecule has 3 rings (SSSR count). The van der Waals surface area contributed by atoms with Crippen molar-refractivity contribution in [2.75, 3.05) is 19.7 Å².